The first-order valence-electron chi connectivity index (χ1n) is 10.3. The topological polar surface area (TPSA) is 74.2 Å². The van der Waals surface area contributed by atoms with Crippen molar-refractivity contribution in [3.63, 3.8) is 0 Å². The number of hydrogen-bond donors (Lipinski definition) is 1. The van der Waals surface area contributed by atoms with E-state index in [0.29, 0.717) is 37.4 Å². The van der Waals surface area contributed by atoms with Gasteiger partial charge < -0.3 is 9.80 Å². The van der Waals surface area contributed by atoms with Crippen molar-refractivity contribution >= 4 is 24.0 Å². The summed E-state index contributed by atoms with van der Waals surface area (Å²) in [6.45, 7) is 4.76. The van der Waals surface area contributed by atoms with Crippen molar-refractivity contribution in [3.8, 4) is 0 Å². The maximum atomic E-state index is 12.7. The molecule has 1 N–H and O–H groups in total. The number of piperazine rings is 1. The molecule has 2 heterocycles. The third-order valence-electron chi connectivity index (χ3n) is 5.83. The summed E-state index contributed by atoms with van der Waals surface area (Å²) in [5.74, 6) is 1.87. The minimum atomic E-state index is 0.0444. The third-order valence-corrected chi connectivity index (χ3v) is 6.14. The summed E-state index contributed by atoms with van der Waals surface area (Å²) in [4.78, 5) is 28.9. The average Bonchev–Trinajstić information content (AvgIpc) is 3.32. The highest BCUT2D eigenvalue weighted by molar-refractivity contribution is 7.71. The molecule has 1 aromatic heterocycles. The van der Waals surface area contributed by atoms with Crippen LogP contribution in [0.25, 0.3) is 0 Å². The van der Waals surface area contributed by atoms with Crippen molar-refractivity contribution in [3.05, 3.63) is 10.6 Å². The van der Waals surface area contributed by atoms with Crippen LogP contribution in [0.2, 0.25) is 0 Å². The van der Waals surface area contributed by atoms with Gasteiger partial charge in [-0.2, -0.15) is 5.10 Å². The van der Waals surface area contributed by atoms with Crippen molar-refractivity contribution in [1.82, 2.24) is 24.6 Å². The van der Waals surface area contributed by atoms with E-state index in [1.54, 1.807) is 4.57 Å². The van der Waals surface area contributed by atoms with Gasteiger partial charge in [0.25, 0.3) is 0 Å². The highest BCUT2D eigenvalue weighted by atomic mass is 32.1. The highest BCUT2D eigenvalue weighted by Gasteiger charge is 2.25. The van der Waals surface area contributed by atoms with Crippen LogP contribution < -0.4 is 0 Å². The fraction of sp³-hybridized carbons (Fsp3) is 0.789. The Kier molecular flexibility index (Phi) is 7.04. The van der Waals surface area contributed by atoms with Gasteiger partial charge in [-0.25, -0.2) is 0 Å². The van der Waals surface area contributed by atoms with Crippen LogP contribution in [0.5, 0.6) is 0 Å². The van der Waals surface area contributed by atoms with E-state index >= 15 is 0 Å². The maximum Gasteiger partial charge on any atom is 0.242 e. The number of aromatic amines is 1. The second-order valence-corrected chi connectivity index (χ2v) is 8.12. The van der Waals surface area contributed by atoms with Crippen LogP contribution in [0.1, 0.15) is 57.7 Å². The monoisotopic (exact) mass is 393 g/mol. The molecule has 1 saturated carbocycles. The lowest BCUT2D eigenvalue weighted by molar-refractivity contribution is -0.140. The number of carbonyl (C=O) groups excluding carboxylic acids is 2. The number of aryl methyl sites for hydroxylation is 1. The zero-order chi connectivity index (χ0) is 19.2. The molecule has 0 radical (unpaired) electrons. The van der Waals surface area contributed by atoms with Gasteiger partial charge in [0.15, 0.2) is 4.77 Å². The molecule has 2 amide bonds. The van der Waals surface area contributed by atoms with Gasteiger partial charge in [0.2, 0.25) is 11.8 Å². The standard InChI is InChI=1S/C19H31N5O2S/c1-2-5-16-20-21-19(27)24(16)14-18(26)23-12-10-22(11-13-23)17(25)9-8-15-6-3-4-7-15/h15H,2-14H2,1H3,(H,21,27). The molecule has 0 unspecified atom stereocenters. The molecule has 0 spiro atoms. The minimum Gasteiger partial charge on any atom is -0.339 e. The molecule has 0 aromatic carbocycles. The van der Waals surface area contributed by atoms with Crippen LogP contribution in [0, 0.1) is 10.7 Å². The molecule has 0 bridgehead atoms. The van der Waals surface area contributed by atoms with Crippen molar-refractivity contribution in [1.29, 1.82) is 0 Å². The van der Waals surface area contributed by atoms with Crippen LogP contribution in [-0.4, -0.2) is 62.6 Å². The molecule has 1 aliphatic heterocycles. The molecule has 150 valence electrons. The van der Waals surface area contributed by atoms with Crippen molar-refractivity contribution in [2.45, 2.75) is 64.8 Å². The van der Waals surface area contributed by atoms with Gasteiger partial charge in [0, 0.05) is 39.0 Å². The summed E-state index contributed by atoms with van der Waals surface area (Å²) < 4.78 is 2.29. The Bertz CT molecular complexity index is 699. The van der Waals surface area contributed by atoms with E-state index in [4.69, 9.17) is 12.2 Å². The van der Waals surface area contributed by atoms with E-state index in [2.05, 4.69) is 17.1 Å². The van der Waals surface area contributed by atoms with Crippen LogP contribution >= 0.6 is 12.2 Å². The number of aromatic nitrogens is 3. The van der Waals surface area contributed by atoms with Crippen LogP contribution in [-0.2, 0) is 22.6 Å². The Balaban J connectivity index is 1.45. The zero-order valence-corrected chi connectivity index (χ0v) is 17.1. The zero-order valence-electron chi connectivity index (χ0n) is 16.3. The first-order valence-corrected chi connectivity index (χ1v) is 10.7. The second kappa shape index (κ2) is 9.48. The predicted molar refractivity (Wildman–Crippen MR) is 106 cm³/mol. The number of rotatable bonds is 7. The molecule has 0 atom stereocenters. The summed E-state index contributed by atoms with van der Waals surface area (Å²) in [5, 5.41) is 7.00. The Morgan fingerprint density at radius 1 is 1.11 bits per heavy atom. The quantitative estimate of drug-likeness (QED) is 0.723. The van der Waals surface area contributed by atoms with Crippen LogP contribution in [0.3, 0.4) is 0 Å². The van der Waals surface area contributed by atoms with Crippen molar-refractivity contribution in [2.75, 3.05) is 26.2 Å². The van der Waals surface area contributed by atoms with E-state index in [1.165, 1.54) is 25.7 Å². The van der Waals surface area contributed by atoms with Gasteiger partial charge in [0.1, 0.15) is 12.4 Å². The fourth-order valence-corrected chi connectivity index (χ4v) is 4.37. The molecule has 7 nitrogen and oxygen atoms in total. The number of hydrogen-bond acceptors (Lipinski definition) is 4. The lowest BCUT2D eigenvalue weighted by Crippen LogP contribution is -2.51. The first kappa shape index (κ1) is 20.0. The summed E-state index contributed by atoms with van der Waals surface area (Å²) in [6, 6.07) is 0. The number of amides is 2. The Labute approximate surface area is 166 Å². The van der Waals surface area contributed by atoms with Gasteiger partial charge in [-0.3, -0.25) is 19.3 Å². The third kappa shape index (κ3) is 5.18. The van der Waals surface area contributed by atoms with Gasteiger partial charge in [-0.1, -0.05) is 32.6 Å². The van der Waals surface area contributed by atoms with Crippen LogP contribution in [0.4, 0.5) is 0 Å². The fourth-order valence-electron chi connectivity index (χ4n) is 4.15. The molecule has 8 heteroatoms. The van der Waals surface area contributed by atoms with E-state index in [0.717, 1.165) is 31.0 Å². The van der Waals surface area contributed by atoms with Gasteiger partial charge >= 0.3 is 0 Å². The Morgan fingerprint density at radius 3 is 2.37 bits per heavy atom. The second-order valence-electron chi connectivity index (χ2n) is 7.73. The molecule has 1 aromatic rings. The van der Waals surface area contributed by atoms with E-state index in [1.807, 2.05) is 9.80 Å². The smallest absolute Gasteiger partial charge is 0.242 e. The highest BCUT2D eigenvalue weighted by Crippen LogP contribution is 2.28. The maximum absolute atomic E-state index is 12.7. The summed E-state index contributed by atoms with van der Waals surface area (Å²) >= 11 is 5.26. The van der Waals surface area contributed by atoms with E-state index in [-0.39, 0.29) is 18.4 Å². The molecule has 2 fully saturated rings. The van der Waals surface area contributed by atoms with Gasteiger partial charge in [-0.05, 0) is 31.0 Å². The molecule has 3 rings (SSSR count). The van der Waals surface area contributed by atoms with E-state index < -0.39 is 0 Å². The summed E-state index contributed by atoms with van der Waals surface area (Å²) in [5.41, 5.74) is 0. The predicted octanol–water partition coefficient (Wildman–Crippen LogP) is 2.53. The Morgan fingerprint density at radius 2 is 1.74 bits per heavy atom. The minimum absolute atomic E-state index is 0.0444. The summed E-state index contributed by atoms with van der Waals surface area (Å²) in [6.07, 6.45) is 8.64. The normalized spacial score (nSPS) is 18.3. The number of nitrogens with one attached hydrogen (secondary N) is 1. The van der Waals surface area contributed by atoms with Gasteiger partial charge in [-0.15, -0.1) is 0 Å². The molecule has 1 aliphatic carbocycles. The SMILES string of the molecule is CCCc1n[nH]c(=S)n1CC(=O)N1CCN(C(=O)CCC2CCCC2)CC1. The van der Waals surface area contributed by atoms with Crippen molar-refractivity contribution in [2.24, 2.45) is 5.92 Å². The lowest BCUT2D eigenvalue weighted by atomic mass is 10.0. The lowest BCUT2D eigenvalue weighted by Gasteiger charge is -2.35. The van der Waals surface area contributed by atoms with Crippen molar-refractivity contribution < 1.29 is 9.59 Å². The number of carbonyl (C=O) groups is 2. The molecule has 27 heavy (non-hydrogen) atoms. The average molecular weight is 394 g/mol. The molecule has 1 saturated heterocycles. The number of nitrogens with zero attached hydrogens (tertiary/aromatic N) is 4. The van der Waals surface area contributed by atoms with Crippen LogP contribution in [0.15, 0.2) is 0 Å². The largest absolute Gasteiger partial charge is 0.339 e. The van der Waals surface area contributed by atoms with E-state index in [9.17, 15) is 9.59 Å². The molecular weight excluding hydrogens is 362 g/mol. The Hall–Kier alpha value is -1.70. The molecular formula is C19H31N5O2S. The molecule has 2 aliphatic rings. The first-order chi connectivity index (χ1) is 13.1. The number of H-pyrrole nitrogens is 1. The van der Waals surface area contributed by atoms with Gasteiger partial charge in [0.05, 0.1) is 0 Å². The summed E-state index contributed by atoms with van der Waals surface area (Å²) in [7, 11) is 0.